The second-order valence-corrected chi connectivity index (χ2v) is 7.50. The number of carboxylic acids is 1. The molecule has 2 aromatic rings. The molecule has 12 heteroatoms. The Labute approximate surface area is 189 Å². The summed E-state index contributed by atoms with van der Waals surface area (Å²) in [5, 5.41) is 12.0. The van der Waals surface area contributed by atoms with Crippen LogP contribution in [-0.2, 0) is 4.74 Å². The lowest BCUT2D eigenvalue weighted by atomic mass is 10.1. The number of halogens is 4. The molecule has 0 bridgehead atoms. The summed E-state index contributed by atoms with van der Waals surface area (Å²) in [4.78, 5) is 25.7. The highest BCUT2D eigenvalue weighted by atomic mass is 35.5. The molecule has 1 saturated carbocycles. The van der Waals surface area contributed by atoms with E-state index in [0.717, 1.165) is 6.20 Å². The van der Waals surface area contributed by atoms with Crippen molar-refractivity contribution in [1.82, 2.24) is 9.88 Å². The molecule has 8 nitrogen and oxygen atoms in total. The van der Waals surface area contributed by atoms with E-state index in [1.165, 1.54) is 16.6 Å². The number of nitrogens with two attached hydrogens (primary N) is 1. The Kier molecular flexibility index (Phi) is 7.42. The van der Waals surface area contributed by atoms with Gasteiger partial charge in [-0.3, -0.25) is 4.79 Å². The molecule has 2 fully saturated rings. The van der Waals surface area contributed by atoms with E-state index in [4.69, 9.17) is 10.5 Å². The first-order valence-corrected chi connectivity index (χ1v) is 9.33. The summed E-state index contributed by atoms with van der Waals surface area (Å²) in [5.74, 6) is -3.45. The number of anilines is 2. The predicted molar refractivity (Wildman–Crippen MR) is 118 cm³/mol. The number of pyridine rings is 1. The van der Waals surface area contributed by atoms with Crippen molar-refractivity contribution < 1.29 is 23.4 Å². The second kappa shape index (κ2) is 9.15. The van der Waals surface area contributed by atoms with Gasteiger partial charge in [0, 0.05) is 32.4 Å². The fourth-order valence-electron chi connectivity index (χ4n) is 4.10. The number of aromatic carboxylic acids is 1. The van der Waals surface area contributed by atoms with Crippen molar-refractivity contribution in [1.29, 1.82) is 0 Å². The summed E-state index contributed by atoms with van der Waals surface area (Å²) in [5.41, 5.74) is 3.36. The first-order chi connectivity index (χ1) is 13.8. The Morgan fingerprint density at radius 1 is 1.26 bits per heavy atom. The first-order valence-electron chi connectivity index (χ1n) is 9.33. The van der Waals surface area contributed by atoms with Gasteiger partial charge in [-0.05, 0) is 19.9 Å². The molecule has 1 aliphatic heterocycles. The number of aromatic nitrogens is 1. The normalized spacial score (nSPS) is 20.5. The van der Waals surface area contributed by atoms with Crippen molar-refractivity contribution in [2.24, 2.45) is 0 Å². The summed E-state index contributed by atoms with van der Waals surface area (Å²) in [7, 11) is 3.26. The molecule has 4 rings (SSSR count). The van der Waals surface area contributed by atoms with Gasteiger partial charge in [0.05, 0.1) is 28.7 Å². The van der Waals surface area contributed by atoms with Gasteiger partial charge in [-0.25, -0.2) is 13.6 Å². The van der Waals surface area contributed by atoms with Crippen LogP contribution in [0.2, 0.25) is 0 Å². The van der Waals surface area contributed by atoms with Crippen LogP contribution >= 0.6 is 24.8 Å². The topological polar surface area (TPSA) is 110 Å². The molecule has 31 heavy (non-hydrogen) atoms. The van der Waals surface area contributed by atoms with E-state index >= 15 is 8.78 Å². The summed E-state index contributed by atoms with van der Waals surface area (Å²) in [6, 6.07) is -0.297. The molecule has 2 atom stereocenters. The van der Waals surface area contributed by atoms with Gasteiger partial charge in [-0.1, -0.05) is 0 Å². The first kappa shape index (κ1) is 25.1. The molecule has 1 aromatic carbocycles. The number of fused-ring (bicyclic) bond motifs is 1. The van der Waals surface area contributed by atoms with Gasteiger partial charge in [0.15, 0.2) is 11.6 Å². The number of ether oxygens (including phenoxy) is 1. The zero-order valence-electron chi connectivity index (χ0n) is 16.9. The molecule has 172 valence electrons. The zero-order valence-corrected chi connectivity index (χ0v) is 18.5. The van der Waals surface area contributed by atoms with Crippen LogP contribution in [0.3, 0.4) is 0 Å². The number of hydrogen-bond donors (Lipinski definition) is 3. The lowest BCUT2D eigenvalue weighted by molar-refractivity contribution is 0.0694. The van der Waals surface area contributed by atoms with Gasteiger partial charge in [0.1, 0.15) is 11.3 Å². The summed E-state index contributed by atoms with van der Waals surface area (Å²) >= 11 is 0. The number of hydrogen-bond acceptors (Lipinski definition) is 6. The SMILES string of the molecule is CN[C@H]1CN(c2c(F)c(N)c3c(=O)c(C(=O)O)cn(C4CC4)c3c2F)C[C@H]1OC.Cl.Cl. The number of nitrogens with zero attached hydrogens (tertiary/aromatic N) is 2. The van der Waals surface area contributed by atoms with Crippen molar-refractivity contribution in [2.45, 2.75) is 31.0 Å². The number of methoxy groups -OCH3 is 1. The van der Waals surface area contributed by atoms with Crippen LogP contribution in [0.4, 0.5) is 20.2 Å². The average molecular weight is 481 g/mol. The predicted octanol–water partition coefficient (Wildman–Crippen LogP) is 2.16. The van der Waals surface area contributed by atoms with Crippen LogP contribution in [0.25, 0.3) is 10.9 Å². The molecule has 0 unspecified atom stereocenters. The van der Waals surface area contributed by atoms with E-state index in [1.807, 2.05) is 0 Å². The minimum Gasteiger partial charge on any atom is -0.477 e. The van der Waals surface area contributed by atoms with Crippen LogP contribution in [0, 0.1) is 11.6 Å². The maximum Gasteiger partial charge on any atom is 0.341 e. The van der Waals surface area contributed by atoms with Gasteiger partial charge < -0.3 is 30.4 Å². The monoisotopic (exact) mass is 480 g/mol. The van der Waals surface area contributed by atoms with Gasteiger partial charge in [0.25, 0.3) is 0 Å². The van der Waals surface area contributed by atoms with E-state index in [0.29, 0.717) is 12.8 Å². The fraction of sp³-hybridized carbons (Fsp3) is 0.474. The van der Waals surface area contributed by atoms with E-state index in [9.17, 15) is 14.7 Å². The Morgan fingerprint density at radius 2 is 1.90 bits per heavy atom. The fourth-order valence-corrected chi connectivity index (χ4v) is 4.10. The van der Waals surface area contributed by atoms with E-state index in [1.54, 1.807) is 7.05 Å². The van der Waals surface area contributed by atoms with Crippen molar-refractivity contribution in [3.63, 3.8) is 0 Å². The molecule has 1 saturated heterocycles. The molecule has 0 spiro atoms. The standard InChI is InChI=1S/C19H22F2N4O4.2ClH/c1-23-10-6-24(7-11(10)29-2)17-13(20)15(22)12-16(14(17)21)25(8-3-4-8)5-9(18(12)26)19(27)28;;/h5,8,10-11,23H,3-4,6-7,22H2,1-2H3,(H,27,28);2*1H/t10-,11+;;/m0../s1. The minimum atomic E-state index is -1.46. The molecule has 1 aliphatic carbocycles. The van der Waals surface area contributed by atoms with E-state index in [2.05, 4.69) is 5.32 Å². The Bertz CT molecular complexity index is 1070. The lowest BCUT2D eigenvalue weighted by Crippen LogP contribution is -2.37. The highest BCUT2D eigenvalue weighted by Crippen LogP contribution is 2.42. The number of nitrogen functional groups attached to an aromatic ring is 1. The summed E-state index contributed by atoms with van der Waals surface area (Å²) in [6.45, 7) is 0.524. The number of carboxylic acid groups (broad SMARTS) is 1. The van der Waals surface area contributed by atoms with Gasteiger partial charge in [0.2, 0.25) is 5.43 Å². The number of rotatable bonds is 5. The van der Waals surface area contributed by atoms with Crippen molar-refractivity contribution in [3.05, 3.63) is 33.6 Å². The third-order valence-electron chi connectivity index (χ3n) is 5.79. The Morgan fingerprint density at radius 3 is 2.39 bits per heavy atom. The van der Waals surface area contributed by atoms with Crippen molar-refractivity contribution in [3.8, 4) is 0 Å². The number of carbonyl (C=O) groups is 1. The molecule has 0 radical (unpaired) electrons. The van der Waals surface area contributed by atoms with Gasteiger partial charge in [-0.2, -0.15) is 0 Å². The highest BCUT2D eigenvalue weighted by Gasteiger charge is 2.37. The molecule has 2 aliphatic rings. The van der Waals surface area contributed by atoms with E-state index < -0.39 is 39.7 Å². The average Bonchev–Trinajstić information content (AvgIpc) is 3.45. The molecule has 2 heterocycles. The smallest absolute Gasteiger partial charge is 0.341 e. The van der Waals surface area contributed by atoms with E-state index in [-0.39, 0.29) is 67.3 Å². The lowest BCUT2D eigenvalue weighted by Gasteiger charge is -2.23. The van der Waals surface area contributed by atoms with Crippen LogP contribution < -0.4 is 21.4 Å². The molecule has 1 aromatic heterocycles. The zero-order chi connectivity index (χ0) is 21.0. The van der Waals surface area contributed by atoms with Crippen LogP contribution in [0.1, 0.15) is 29.2 Å². The minimum absolute atomic E-state index is 0. The van der Waals surface area contributed by atoms with Crippen molar-refractivity contribution in [2.75, 3.05) is 37.9 Å². The summed E-state index contributed by atoms with van der Waals surface area (Å²) in [6.07, 6.45) is 2.27. The third-order valence-corrected chi connectivity index (χ3v) is 5.79. The van der Waals surface area contributed by atoms with Crippen molar-refractivity contribution >= 4 is 53.1 Å². The Hall–Kier alpha value is -2.14. The Balaban J connectivity index is 0.00000171. The van der Waals surface area contributed by atoms with Gasteiger partial charge in [-0.15, -0.1) is 24.8 Å². The maximum atomic E-state index is 15.7. The van der Waals surface area contributed by atoms with Crippen LogP contribution in [0.15, 0.2) is 11.0 Å². The third kappa shape index (κ3) is 3.93. The largest absolute Gasteiger partial charge is 0.477 e. The van der Waals surface area contributed by atoms with Crippen LogP contribution in [-0.4, -0.2) is 55.0 Å². The summed E-state index contributed by atoms with van der Waals surface area (Å²) < 4.78 is 37.7. The number of benzene rings is 1. The molecule has 0 amide bonds. The van der Waals surface area contributed by atoms with Gasteiger partial charge >= 0.3 is 5.97 Å². The molecular weight excluding hydrogens is 457 g/mol. The number of nitrogens with one attached hydrogen (secondary N) is 1. The molecular formula is C19H24Cl2F2N4O4. The van der Waals surface area contributed by atoms with Crippen LogP contribution in [0.5, 0.6) is 0 Å². The second-order valence-electron chi connectivity index (χ2n) is 7.50. The highest BCUT2D eigenvalue weighted by molar-refractivity contribution is 5.99. The maximum absolute atomic E-state index is 15.7. The molecule has 4 N–H and O–H groups in total. The number of likely N-dealkylation sites (N-methyl/N-ethyl adjacent to an activating group) is 1. The quantitative estimate of drug-likeness (QED) is 0.562.